The van der Waals surface area contributed by atoms with Crippen molar-refractivity contribution in [2.45, 2.75) is 19.3 Å². The molecule has 52 heavy (non-hydrogen) atoms. The average molecular weight is 669 g/mol. The Morgan fingerprint density at radius 3 is 1.79 bits per heavy atom. The largest absolute Gasteiger partial charge is 0.455 e. The number of fused-ring (bicyclic) bond motifs is 6. The Labute approximate surface area is 301 Å². The minimum atomic E-state index is -0.304. The van der Waals surface area contributed by atoms with Crippen molar-refractivity contribution in [1.29, 1.82) is 0 Å². The van der Waals surface area contributed by atoms with E-state index in [1.807, 2.05) is 66.7 Å². The maximum atomic E-state index is 6.87. The van der Waals surface area contributed by atoms with Gasteiger partial charge in [0.1, 0.15) is 11.2 Å². The summed E-state index contributed by atoms with van der Waals surface area (Å²) in [5.41, 5.74) is 13.2. The molecule has 3 heterocycles. The molecule has 0 saturated carbocycles. The molecule has 0 bridgehead atoms. The van der Waals surface area contributed by atoms with Gasteiger partial charge in [0.05, 0.1) is 22.8 Å². The lowest BCUT2D eigenvalue weighted by atomic mass is 9.85. The Kier molecular flexibility index (Phi) is 6.77. The zero-order valence-electron chi connectivity index (χ0n) is 28.7. The summed E-state index contributed by atoms with van der Waals surface area (Å²) in [4.78, 5) is 20.8. The van der Waals surface area contributed by atoms with Gasteiger partial charge >= 0.3 is 0 Å². The number of para-hydroxylation sites is 1. The fourth-order valence-electron chi connectivity index (χ4n) is 7.76. The van der Waals surface area contributed by atoms with Gasteiger partial charge in [0.15, 0.2) is 11.6 Å². The minimum absolute atomic E-state index is 0.304. The first-order valence-electron chi connectivity index (χ1n) is 17.6. The van der Waals surface area contributed by atoms with Crippen LogP contribution in [0.1, 0.15) is 25.1 Å². The summed E-state index contributed by atoms with van der Waals surface area (Å²) in [5.74, 6) is 1.38. The second-order valence-electron chi connectivity index (χ2n) is 13.8. The first-order valence-corrected chi connectivity index (χ1v) is 17.6. The standard InChI is InChI=1S/C47H32N4O/c1-47(2)36-26-13-12-22-32(36)41-42(50-46(51-44(41)47)31-20-10-5-11-21-31)35-25-14-24-34-40-33(23-15-27-39(40)52-43(34)35)38-28-37(29-16-6-3-7-17-29)48-45(49-38)30-18-8-4-9-19-30/h3-28H,1-2H3. The summed E-state index contributed by atoms with van der Waals surface area (Å²) in [6, 6.07) is 54.0. The second-order valence-corrected chi connectivity index (χ2v) is 13.8. The second kappa shape index (κ2) is 11.7. The number of rotatable bonds is 5. The first kappa shape index (κ1) is 30.1. The predicted molar refractivity (Wildman–Crippen MR) is 210 cm³/mol. The Morgan fingerprint density at radius 2 is 1.06 bits per heavy atom. The Morgan fingerprint density at radius 1 is 0.481 bits per heavy atom. The number of hydrogen-bond acceptors (Lipinski definition) is 5. The highest BCUT2D eigenvalue weighted by atomic mass is 16.3. The molecule has 0 unspecified atom stereocenters. The van der Waals surface area contributed by atoms with Crippen LogP contribution in [0, 0.1) is 0 Å². The van der Waals surface area contributed by atoms with Gasteiger partial charge in [-0.2, -0.15) is 0 Å². The van der Waals surface area contributed by atoms with Gasteiger partial charge in [-0.05, 0) is 29.3 Å². The van der Waals surface area contributed by atoms with Crippen molar-refractivity contribution < 1.29 is 4.42 Å². The van der Waals surface area contributed by atoms with Crippen molar-refractivity contribution in [1.82, 2.24) is 19.9 Å². The smallest absolute Gasteiger partial charge is 0.160 e. The van der Waals surface area contributed by atoms with Crippen molar-refractivity contribution in [2.24, 2.45) is 0 Å². The van der Waals surface area contributed by atoms with Crippen molar-refractivity contribution >= 4 is 21.9 Å². The van der Waals surface area contributed by atoms with Crippen LogP contribution in [0.15, 0.2) is 162 Å². The van der Waals surface area contributed by atoms with Crippen LogP contribution in [0.5, 0.6) is 0 Å². The van der Waals surface area contributed by atoms with Crippen molar-refractivity contribution in [2.75, 3.05) is 0 Å². The molecular formula is C47H32N4O. The molecule has 0 atom stereocenters. The topological polar surface area (TPSA) is 64.7 Å². The van der Waals surface area contributed by atoms with Gasteiger partial charge in [-0.15, -0.1) is 0 Å². The number of hydrogen-bond donors (Lipinski definition) is 0. The number of benzene rings is 6. The highest BCUT2D eigenvalue weighted by Crippen LogP contribution is 2.52. The minimum Gasteiger partial charge on any atom is -0.455 e. The third kappa shape index (κ3) is 4.70. The highest BCUT2D eigenvalue weighted by Gasteiger charge is 2.40. The quantitative estimate of drug-likeness (QED) is 0.183. The molecule has 0 aliphatic heterocycles. The molecule has 246 valence electrons. The lowest BCUT2D eigenvalue weighted by molar-refractivity contribution is 0.636. The van der Waals surface area contributed by atoms with Crippen LogP contribution in [-0.2, 0) is 5.41 Å². The summed E-state index contributed by atoms with van der Waals surface area (Å²) >= 11 is 0. The molecule has 0 N–H and O–H groups in total. The molecule has 3 aromatic heterocycles. The molecule has 0 saturated heterocycles. The molecule has 6 aromatic carbocycles. The summed E-state index contributed by atoms with van der Waals surface area (Å²) in [6.45, 7) is 4.51. The normalized spacial score (nSPS) is 13.0. The third-order valence-electron chi connectivity index (χ3n) is 10.3. The zero-order chi connectivity index (χ0) is 34.8. The van der Waals surface area contributed by atoms with Crippen molar-refractivity contribution in [3.05, 3.63) is 169 Å². The average Bonchev–Trinajstić information content (AvgIpc) is 3.71. The summed E-state index contributed by atoms with van der Waals surface area (Å²) in [7, 11) is 0. The molecule has 5 nitrogen and oxygen atoms in total. The molecule has 1 aliphatic rings. The van der Waals surface area contributed by atoms with Crippen molar-refractivity contribution in [3.8, 4) is 67.7 Å². The van der Waals surface area contributed by atoms with Gasteiger partial charge in [0.2, 0.25) is 0 Å². The molecule has 0 amide bonds. The van der Waals surface area contributed by atoms with E-state index in [-0.39, 0.29) is 5.41 Å². The Hall–Kier alpha value is -6.72. The monoisotopic (exact) mass is 668 g/mol. The van der Waals surface area contributed by atoms with E-state index in [1.54, 1.807) is 0 Å². The van der Waals surface area contributed by atoms with E-state index in [0.29, 0.717) is 11.6 Å². The maximum Gasteiger partial charge on any atom is 0.160 e. The van der Waals surface area contributed by atoms with E-state index in [1.165, 1.54) is 5.56 Å². The molecule has 0 spiro atoms. The fourth-order valence-corrected chi connectivity index (χ4v) is 7.76. The summed E-state index contributed by atoms with van der Waals surface area (Å²) < 4.78 is 6.87. The summed E-state index contributed by atoms with van der Waals surface area (Å²) in [6.07, 6.45) is 0. The molecule has 1 aliphatic carbocycles. The van der Waals surface area contributed by atoms with Gasteiger partial charge in [-0.25, -0.2) is 19.9 Å². The predicted octanol–water partition coefficient (Wildman–Crippen LogP) is 11.8. The van der Waals surface area contributed by atoms with Gasteiger partial charge in [0.25, 0.3) is 0 Å². The molecule has 9 aromatic rings. The Balaban J connectivity index is 1.24. The molecule has 0 radical (unpaired) electrons. The van der Waals surface area contributed by atoms with E-state index >= 15 is 0 Å². The van der Waals surface area contributed by atoms with Crippen LogP contribution in [0.4, 0.5) is 0 Å². The van der Waals surface area contributed by atoms with E-state index in [9.17, 15) is 0 Å². The lowest BCUT2D eigenvalue weighted by Crippen LogP contribution is -2.17. The fraction of sp³-hybridized carbons (Fsp3) is 0.0638. The number of aromatic nitrogens is 4. The van der Waals surface area contributed by atoms with E-state index in [0.717, 1.165) is 83.7 Å². The first-order chi connectivity index (χ1) is 25.5. The molecule has 10 rings (SSSR count). The Bertz CT molecular complexity index is 2750. The van der Waals surface area contributed by atoms with Gasteiger partial charge in [-0.3, -0.25) is 0 Å². The SMILES string of the molecule is CC1(C)c2ccccc2-c2c(-c3cccc4c3oc3cccc(-c5cc(-c6ccccc6)nc(-c6ccccc6)n5)c34)nc(-c3ccccc3)nc21. The molecular weight excluding hydrogens is 637 g/mol. The zero-order valence-corrected chi connectivity index (χ0v) is 28.7. The highest BCUT2D eigenvalue weighted by molar-refractivity contribution is 6.16. The lowest BCUT2D eigenvalue weighted by Gasteiger charge is -2.21. The van der Waals surface area contributed by atoms with Crippen LogP contribution in [0.3, 0.4) is 0 Å². The van der Waals surface area contributed by atoms with Gasteiger partial charge in [-0.1, -0.05) is 153 Å². The maximum absolute atomic E-state index is 6.87. The van der Waals surface area contributed by atoms with Gasteiger partial charge < -0.3 is 4.42 Å². The van der Waals surface area contributed by atoms with Crippen molar-refractivity contribution in [3.63, 3.8) is 0 Å². The number of furan rings is 1. The van der Waals surface area contributed by atoms with Crippen LogP contribution in [-0.4, -0.2) is 19.9 Å². The molecule has 5 heteroatoms. The van der Waals surface area contributed by atoms with E-state index < -0.39 is 0 Å². The van der Waals surface area contributed by atoms with Crippen LogP contribution < -0.4 is 0 Å². The summed E-state index contributed by atoms with van der Waals surface area (Å²) in [5, 5.41) is 2.01. The van der Waals surface area contributed by atoms with Crippen LogP contribution in [0.25, 0.3) is 89.6 Å². The van der Waals surface area contributed by atoms with E-state index in [2.05, 4.69) is 105 Å². The number of nitrogens with zero attached hydrogens (tertiary/aromatic N) is 4. The third-order valence-corrected chi connectivity index (χ3v) is 10.3. The molecule has 0 fully saturated rings. The van der Waals surface area contributed by atoms with Crippen LogP contribution in [0.2, 0.25) is 0 Å². The van der Waals surface area contributed by atoms with Crippen LogP contribution >= 0.6 is 0 Å². The van der Waals surface area contributed by atoms with Gasteiger partial charge in [0, 0.05) is 49.6 Å². The van der Waals surface area contributed by atoms with E-state index in [4.69, 9.17) is 24.4 Å².